The summed E-state index contributed by atoms with van der Waals surface area (Å²) in [4.78, 5) is 78.6. The molecule has 0 radical (unpaired) electrons. The summed E-state index contributed by atoms with van der Waals surface area (Å²) in [6.07, 6.45) is 0.200. The number of nitrogens with one attached hydrogen (secondary N) is 4. The number of carbonyl (C=O) groups is 6. The summed E-state index contributed by atoms with van der Waals surface area (Å²) in [6.45, 7) is 2.31. The number of ketones is 2. The first-order valence-electron chi connectivity index (χ1n) is 19.9. The molecular formula is C46H41Cl5N8O8. The van der Waals surface area contributed by atoms with E-state index < -0.39 is 47.3 Å². The lowest BCUT2D eigenvalue weighted by Gasteiger charge is -2.15. The Hall–Kier alpha value is -6.43. The van der Waals surface area contributed by atoms with Gasteiger partial charge in [0.2, 0.25) is 12.1 Å². The van der Waals surface area contributed by atoms with E-state index in [0.29, 0.717) is 28.4 Å². The molecule has 0 fully saturated rings. The summed E-state index contributed by atoms with van der Waals surface area (Å²) in [5, 5.41) is 27.0. The fourth-order valence-corrected chi connectivity index (χ4v) is 7.08. The maximum absolute atomic E-state index is 13.5. The fourth-order valence-electron chi connectivity index (χ4n) is 6.12. The smallest absolute Gasteiger partial charge is 0.258 e. The molecule has 0 spiro atoms. The number of aryl methyl sites for hydroxylation is 1. The minimum Gasteiger partial charge on any atom is -0.496 e. The summed E-state index contributed by atoms with van der Waals surface area (Å²) in [6, 6.07) is 19.7. The van der Waals surface area contributed by atoms with E-state index in [0.717, 1.165) is 25.0 Å². The van der Waals surface area contributed by atoms with Gasteiger partial charge in [0.15, 0.2) is 11.6 Å². The van der Waals surface area contributed by atoms with E-state index >= 15 is 0 Å². The minimum atomic E-state index is -1.63. The van der Waals surface area contributed by atoms with E-state index in [1.54, 1.807) is 36.4 Å². The van der Waals surface area contributed by atoms with Crippen LogP contribution in [-0.4, -0.2) is 67.4 Å². The van der Waals surface area contributed by atoms with Crippen LogP contribution in [0.5, 0.6) is 11.5 Å². The van der Waals surface area contributed by atoms with Crippen molar-refractivity contribution in [2.24, 2.45) is 20.5 Å². The molecule has 0 aromatic heterocycles. The summed E-state index contributed by atoms with van der Waals surface area (Å²) in [5.74, 6) is -2.50. The van der Waals surface area contributed by atoms with Crippen LogP contribution in [0.25, 0.3) is 0 Å². The number of nitrogens with zero attached hydrogens (tertiary/aromatic N) is 4. The highest BCUT2D eigenvalue weighted by Crippen LogP contribution is 2.31. The van der Waals surface area contributed by atoms with E-state index in [1.807, 2.05) is 0 Å². The normalized spacial score (nSPS) is 12.0. The molecule has 0 saturated heterocycles. The first-order valence-corrected chi connectivity index (χ1v) is 22.3. The molecule has 4 N–H and O–H groups in total. The number of anilines is 4. The molecule has 0 heterocycles. The summed E-state index contributed by atoms with van der Waals surface area (Å²) in [7, 11) is 2.97. The average molecular weight is 1010 g/mol. The molecule has 5 aromatic carbocycles. The van der Waals surface area contributed by atoms with Gasteiger partial charge in [-0.25, -0.2) is 0 Å². The third-order valence-corrected chi connectivity index (χ3v) is 11.0. The highest BCUT2D eigenvalue weighted by Gasteiger charge is 2.26. The van der Waals surface area contributed by atoms with Gasteiger partial charge >= 0.3 is 0 Å². The van der Waals surface area contributed by atoms with Gasteiger partial charge in [0, 0.05) is 63.0 Å². The standard InChI is InChI=1S/C46H41Cl5N8O8/c1-24(60)41(58-56-37-18-27(7-12-34(37)50)43(62)52-32-9-5-29(22-48)39(20-32)66-3)45(64)54-31-11-14-36(26(17-31)15-16-47)55-46(65)42(25(2)61)59-57-38-19-28(8-13-35(38)51)44(63)53-33-10-6-30(23-49)40(21-33)67-4/h5-14,17-21,41-42H,15-16,22-23H2,1-4H3,(H,52,62)(H,53,63)(H,54,64)(H,55,65). The molecule has 5 aromatic rings. The number of Topliss-reactive ketones (excluding diaryl/α,β-unsaturated/α-hetero) is 2. The Morgan fingerprint density at radius 1 is 0.537 bits per heavy atom. The lowest BCUT2D eigenvalue weighted by Crippen LogP contribution is -2.32. The lowest BCUT2D eigenvalue weighted by molar-refractivity contribution is -0.127. The van der Waals surface area contributed by atoms with Crippen molar-refractivity contribution in [3.63, 3.8) is 0 Å². The maximum atomic E-state index is 13.5. The quantitative estimate of drug-likeness (QED) is 0.0333. The molecule has 16 nitrogen and oxygen atoms in total. The maximum Gasteiger partial charge on any atom is 0.258 e. The van der Waals surface area contributed by atoms with Crippen LogP contribution in [0.1, 0.15) is 51.3 Å². The van der Waals surface area contributed by atoms with Crippen molar-refractivity contribution in [2.75, 3.05) is 41.4 Å². The van der Waals surface area contributed by atoms with Gasteiger partial charge in [-0.1, -0.05) is 35.3 Å². The molecule has 5 rings (SSSR count). The largest absolute Gasteiger partial charge is 0.496 e. The number of rotatable bonds is 20. The van der Waals surface area contributed by atoms with E-state index in [1.165, 1.54) is 68.8 Å². The second-order valence-corrected chi connectivity index (χ2v) is 16.0. The van der Waals surface area contributed by atoms with Crippen molar-refractivity contribution >= 4 is 127 Å². The Kier molecular flexibility index (Phi) is 18.8. The second-order valence-electron chi connectivity index (χ2n) is 14.3. The van der Waals surface area contributed by atoms with E-state index in [-0.39, 0.29) is 68.0 Å². The highest BCUT2D eigenvalue weighted by atomic mass is 35.5. The average Bonchev–Trinajstić information content (AvgIpc) is 3.30. The molecule has 0 aliphatic rings. The van der Waals surface area contributed by atoms with Crippen molar-refractivity contribution < 1.29 is 38.2 Å². The predicted molar refractivity (Wildman–Crippen MR) is 260 cm³/mol. The summed E-state index contributed by atoms with van der Waals surface area (Å²) < 4.78 is 10.7. The summed E-state index contributed by atoms with van der Waals surface area (Å²) in [5.41, 5.74) is 3.61. The van der Waals surface area contributed by atoms with Crippen LogP contribution in [0, 0.1) is 0 Å². The Morgan fingerprint density at radius 3 is 1.39 bits per heavy atom. The number of benzene rings is 5. The third-order valence-electron chi connectivity index (χ3n) is 9.62. The predicted octanol–water partition coefficient (Wildman–Crippen LogP) is 11.1. The van der Waals surface area contributed by atoms with Crippen molar-refractivity contribution in [2.45, 2.75) is 44.1 Å². The Balaban J connectivity index is 1.27. The lowest BCUT2D eigenvalue weighted by atomic mass is 10.1. The number of hydrogen-bond acceptors (Lipinski definition) is 12. The SMILES string of the molecule is COc1cc(NC(=O)c2ccc(Cl)c(N=NC(C(C)=O)C(=O)Nc3ccc(NC(=O)C(N=Nc4cc(C(=O)Nc5ccc(CCl)c(OC)c5)ccc4Cl)C(C)=O)c(CCCl)c3)c2)ccc1CCl. The first-order chi connectivity index (χ1) is 32.1. The molecule has 2 atom stereocenters. The molecule has 0 bridgehead atoms. The van der Waals surface area contributed by atoms with Crippen LogP contribution in [-0.2, 0) is 37.4 Å². The topological polar surface area (TPSA) is 218 Å². The number of halogens is 5. The number of methoxy groups -OCH3 is 2. The Bertz CT molecular complexity index is 2770. The van der Waals surface area contributed by atoms with Crippen molar-refractivity contribution in [1.82, 2.24) is 0 Å². The molecule has 67 heavy (non-hydrogen) atoms. The monoisotopic (exact) mass is 1010 g/mol. The minimum absolute atomic E-state index is 0.0151. The van der Waals surface area contributed by atoms with Gasteiger partial charge in [0.05, 0.1) is 36.0 Å². The second kappa shape index (κ2) is 24.4. The zero-order valence-electron chi connectivity index (χ0n) is 36.1. The molecule has 0 aliphatic heterocycles. The van der Waals surface area contributed by atoms with Crippen LogP contribution in [0.2, 0.25) is 10.0 Å². The van der Waals surface area contributed by atoms with Gasteiger partial charge in [-0.15, -0.1) is 34.8 Å². The zero-order valence-corrected chi connectivity index (χ0v) is 39.9. The van der Waals surface area contributed by atoms with Crippen LogP contribution in [0.15, 0.2) is 111 Å². The van der Waals surface area contributed by atoms with Gasteiger partial charge in [-0.3, -0.25) is 28.8 Å². The third kappa shape index (κ3) is 13.8. The number of alkyl halides is 3. The Morgan fingerprint density at radius 2 is 0.970 bits per heavy atom. The fraction of sp³-hybridized carbons (Fsp3) is 0.217. The molecule has 0 saturated carbocycles. The van der Waals surface area contributed by atoms with Crippen molar-refractivity contribution in [1.29, 1.82) is 0 Å². The van der Waals surface area contributed by atoms with E-state index in [4.69, 9.17) is 67.5 Å². The summed E-state index contributed by atoms with van der Waals surface area (Å²) >= 11 is 30.7. The number of carbonyl (C=O) groups excluding carboxylic acids is 6. The van der Waals surface area contributed by atoms with Crippen LogP contribution in [0.4, 0.5) is 34.1 Å². The van der Waals surface area contributed by atoms with Gasteiger partial charge < -0.3 is 30.7 Å². The number of hydrogen-bond donors (Lipinski definition) is 4. The van der Waals surface area contributed by atoms with E-state index in [2.05, 4.69) is 41.7 Å². The zero-order chi connectivity index (χ0) is 48.8. The number of azo groups is 2. The van der Waals surface area contributed by atoms with Crippen molar-refractivity contribution in [3.05, 3.63) is 129 Å². The molecular weight excluding hydrogens is 970 g/mol. The molecule has 21 heteroatoms. The molecule has 348 valence electrons. The molecule has 4 amide bonds. The Labute approximate surface area is 409 Å². The van der Waals surface area contributed by atoms with Gasteiger partial charge in [0.1, 0.15) is 22.9 Å². The number of ether oxygens (including phenoxy) is 2. The van der Waals surface area contributed by atoms with Crippen molar-refractivity contribution in [3.8, 4) is 11.5 Å². The molecule has 2 unspecified atom stereocenters. The first kappa shape index (κ1) is 51.6. The van der Waals surface area contributed by atoms with Gasteiger partial charge in [-0.05, 0) is 92.6 Å². The van der Waals surface area contributed by atoms with Crippen LogP contribution < -0.4 is 30.7 Å². The highest BCUT2D eigenvalue weighted by molar-refractivity contribution is 6.33. The van der Waals surface area contributed by atoms with Gasteiger partial charge in [0.25, 0.3) is 23.6 Å². The van der Waals surface area contributed by atoms with Crippen LogP contribution >= 0.6 is 58.0 Å². The number of amides is 4. The van der Waals surface area contributed by atoms with Crippen LogP contribution in [0.3, 0.4) is 0 Å². The van der Waals surface area contributed by atoms with E-state index in [9.17, 15) is 28.8 Å². The molecule has 0 aliphatic carbocycles. The van der Waals surface area contributed by atoms with Gasteiger partial charge in [-0.2, -0.15) is 20.5 Å².